The summed E-state index contributed by atoms with van der Waals surface area (Å²) in [6.07, 6.45) is 4.02. The first-order valence-electron chi connectivity index (χ1n) is 5.47. The van der Waals surface area contributed by atoms with E-state index in [1.807, 2.05) is 25.1 Å². The van der Waals surface area contributed by atoms with E-state index in [2.05, 4.69) is 20.4 Å². The summed E-state index contributed by atoms with van der Waals surface area (Å²) < 4.78 is 0. The number of hydrogen-bond acceptors (Lipinski definition) is 1. The lowest BCUT2D eigenvalue weighted by Crippen LogP contribution is -2.18. The predicted octanol–water partition coefficient (Wildman–Crippen LogP) is 3.94. The molecule has 15 heavy (non-hydrogen) atoms. The fourth-order valence-corrected chi connectivity index (χ4v) is 1.97. The molecule has 0 aliphatic carbocycles. The van der Waals surface area contributed by atoms with Gasteiger partial charge in [0.25, 0.3) is 0 Å². The van der Waals surface area contributed by atoms with E-state index in [-0.39, 0.29) is 5.41 Å². The van der Waals surface area contributed by atoms with Gasteiger partial charge in [0.1, 0.15) is 5.75 Å². The molecule has 1 rings (SSSR count). The van der Waals surface area contributed by atoms with Gasteiger partial charge in [-0.25, -0.2) is 0 Å². The SMILES string of the molecule is C=CC(C)(CCC)c1cc(C)ccc1O. The normalized spacial score (nSPS) is 14.6. The Labute approximate surface area is 92.5 Å². The van der Waals surface area contributed by atoms with Crippen LogP contribution in [0.1, 0.15) is 37.8 Å². The Morgan fingerprint density at radius 3 is 2.67 bits per heavy atom. The summed E-state index contributed by atoms with van der Waals surface area (Å²) in [7, 11) is 0. The Balaban J connectivity index is 3.22. The first kappa shape index (κ1) is 11.8. The van der Waals surface area contributed by atoms with E-state index in [9.17, 15) is 5.11 Å². The molecule has 0 radical (unpaired) electrons. The van der Waals surface area contributed by atoms with Gasteiger partial charge < -0.3 is 5.11 Å². The maximum Gasteiger partial charge on any atom is 0.119 e. The van der Waals surface area contributed by atoms with Gasteiger partial charge in [0, 0.05) is 11.0 Å². The molecule has 1 atom stereocenters. The Bertz CT molecular complexity index is 354. The molecule has 0 spiro atoms. The topological polar surface area (TPSA) is 20.2 Å². The lowest BCUT2D eigenvalue weighted by Gasteiger charge is -2.27. The van der Waals surface area contributed by atoms with E-state index in [1.54, 1.807) is 6.07 Å². The fourth-order valence-electron chi connectivity index (χ4n) is 1.97. The molecule has 1 aromatic rings. The van der Waals surface area contributed by atoms with Crippen molar-refractivity contribution >= 4 is 0 Å². The van der Waals surface area contributed by atoms with Crippen LogP contribution < -0.4 is 0 Å². The summed E-state index contributed by atoms with van der Waals surface area (Å²) in [5, 5.41) is 9.88. The standard InChI is InChI=1S/C14H20O/c1-5-9-14(4,6-2)12-10-11(3)7-8-13(12)15/h6-8,10,15H,2,5,9H2,1,3-4H3. The van der Waals surface area contributed by atoms with E-state index in [0.29, 0.717) is 5.75 Å². The summed E-state index contributed by atoms with van der Waals surface area (Å²) in [6, 6.07) is 5.74. The van der Waals surface area contributed by atoms with Crippen LogP contribution in [0.25, 0.3) is 0 Å². The first-order valence-corrected chi connectivity index (χ1v) is 5.47. The monoisotopic (exact) mass is 204 g/mol. The number of aromatic hydroxyl groups is 1. The smallest absolute Gasteiger partial charge is 0.119 e. The van der Waals surface area contributed by atoms with Crippen LogP contribution in [0.2, 0.25) is 0 Å². The third-order valence-corrected chi connectivity index (χ3v) is 2.99. The summed E-state index contributed by atoms with van der Waals surface area (Å²) in [5.74, 6) is 0.372. The second kappa shape index (κ2) is 4.52. The Morgan fingerprint density at radius 2 is 2.13 bits per heavy atom. The van der Waals surface area contributed by atoms with E-state index in [0.717, 1.165) is 18.4 Å². The van der Waals surface area contributed by atoms with Crippen LogP contribution in [0, 0.1) is 6.92 Å². The van der Waals surface area contributed by atoms with Crippen molar-refractivity contribution in [1.82, 2.24) is 0 Å². The highest BCUT2D eigenvalue weighted by Gasteiger charge is 2.24. The maximum atomic E-state index is 9.88. The Hall–Kier alpha value is -1.24. The van der Waals surface area contributed by atoms with Crippen molar-refractivity contribution in [2.45, 2.75) is 39.0 Å². The van der Waals surface area contributed by atoms with Crippen molar-refractivity contribution in [2.24, 2.45) is 0 Å². The number of benzene rings is 1. The number of allylic oxidation sites excluding steroid dienone is 1. The van der Waals surface area contributed by atoms with Gasteiger partial charge in [-0.05, 0) is 19.4 Å². The summed E-state index contributed by atoms with van der Waals surface area (Å²) >= 11 is 0. The molecule has 0 aliphatic heterocycles. The minimum Gasteiger partial charge on any atom is -0.508 e. The third kappa shape index (κ3) is 2.41. The molecule has 1 unspecified atom stereocenters. The molecule has 82 valence electrons. The molecular formula is C14H20O. The number of aryl methyl sites for hydroxylation is 1. The van der Waals surface area contributed by atoms with E-state index >= 15 is 0 Å². The number of phenolic OH excluding ortho intramolecular Hbond substituents is 1. The third-order valence-electron chi connectivity index (χ3n) is 2.99. The zero-order valence-corrected chi connectivity index (χ0v) is 9.88. The quantitative estimate of drug-likeness (QED) is 0.736. The van der Waals surface area contributed by atoms with Crippen LogP contribution >= 0.6 is 0 Å². The second-order valence-electron chi connectivity index (χ2n) is 4.39. The molecule has 1 nitrogen and oxygen atoms in total. The largest absolute Gasteiger partial charge is 0.508 e. The number of rotatable bonds is 4. The highest BCUT2D eigenvalue weighted by Crippen LogP contribution is 2.36. The highest BCUT2D eigenvalue weighted by atomic mass is 16.3. The van der Waals surface area contributed by atoms with Gasteiger partial charge in [0.2, 0.25) is 0 Å². The Morgan fingerprint density at radius 1 is 1.47 bits per heavy atom. The molecule has 0 saturated heterocycles. The van der Waals surface area contributed by atoms with Crippen molar-refractivity contribution in [3.05, 3.63) is 42.0 Å². The van der Waals surface area contributed by atoms with Crippen molar-refractivity contribution in [3.8, 4) is 5.75 Å². The van der Waals surface area contributed by atoms with Crippen LogP contribution in [0.3, 0.4) is 0 Å². The molecule has 0 saturated carbocycles. The van der Waals surface area contributed by atoms with E-state index < -0.39 is 0 Å². The van der Waals surface area contributed by atoms with Gasteiger partial charge >= 0.3 is 0 Å². The number of hydrogen-bond donors (Lipinski definition) is 1. The molecule has 0 bridgehead atoms. The molecule has 0 amide bonds. The summed E-state index contributed by atoms with van der Waals surface area (Å²) in [5.41, 5.74) is 2.04. The highest BCUT2D eigenvalue weighted by molar-refractivity contribution is 5.43. The van der Waals surface area contributed by atoms with E-state index in [4.69, 9.17) is 0 Å². The van der Waals surface area contributed by atoms with Crippen LogP contribution in [0.4, 0.5) is 0 Å². The van der Waals surface area contributed by atoms with Gasteiger partial charge in [-0.1, -0.05) is 44.0 Å². The molecule has 1 aromatic carbocycles. The van der Waals surface area contributed by atoms with Gasteiger partial charge in [0.15, 0.2) is 0 Å². The molecular weight excluding hydrogens is 184 g/mol. The van der Waals surface area contributed by atoms with Gasteiger partial charge in [-0.2, -0.15) is 0 Å². The van der Waals surface area contributed by atoms with Gasteiger partial charge in [-0.3, -0.25) is 0 Å². The van der Waals surface area contributed by atoms with Crippen molar-refractivity contribution in [2.75, 3.05) is 0 Å². The minimum absolute atomic E-state index is 0.120. The lowest BCUT2D eigenvalue weighted by molar-refractivity contribution is 0.439. The fraction of sp³-hybridized carbons (Fsp3) is 0.429. The zero-order valence-electron chi connectivity index (χ0n) is 9.88. The van der Waals surface area contributed by atoms with Crippen molar-refractivity contribution in [3.63, 3.8) is 0 Å². The zero-order chi connectivity index (χ0) is 11.5. The van der Waals surface area contributed by atoms with Crippen LogP contribution in [-0.4, -0.2) is 5.11 Å². The van der Waals surface area contributed by atoms with E-state index in [1.165, 1.54) is 5.56 Å². The van der Waals surface area contributed by atoms with Crippen molar-refractivity contribution < 1.29 is 5.11 Å². The molecule has 0 heterocycles. The summed E-state index contributed by atoms with van der Waals surface area (Å²) in [6.45, 7) is 10.2. The Kier molecular flexibility index (Phi) is 3.57. The lowest BCUT2D eigenvalue weighted by atomic mass is 9.78. The average molecular weight is 204 g/mol. The first-order chi connectivity index (χ1) is 7.03. The predicted molar refractivity (Wildman–Crippen MR) is 65.3 cm³/mol. The van der Waals surface area contributed by atoms with Crippen LogP contribution in [0.15, 0.2) is 30.9 Å². The van der Waals surface area contributed by atoms with Gasteiger partial charge in [-0.15, -0.1) is 6.58 Å². The number of phenols is 1. The molecule has 1 heteroatoms. The molecule has 1 N–H and O–H groups in total. The minimum atomic E-state index is -0.120. The van der Waals surface area contributed by atoms with Crippen molar-refractivity contribution in [1.29, 1.82) is 0 Å². The maximum absolute atomic E-state index is 9.88. The molecule has 0 aliphatic rings. The summed E-state index contributed by atoms with van der Waals surface area (Å²) in [4.78, 5) is 0. The van der Waals surface area contributed by atoms with Gasteiger partial charge in [0.05, 0.1) is 0 Å². The second-order valence-corrected chi connectivity index (χ2v) is 4.39. The molecule has 0 aromatic heterocycles. The molecule has 0 fully saturated rings. The average Bonchev–Trinajstić information content (AvgIpc) is 2.22. The van der Waals surface area contributed by atoms with Crippen LogP contribution in [0.5, 0.6) is 5.75 Å². The van der Waals surface area contributed by atoms with Crippen LogP contribution in [-0.2, 0) is 5.41 Å².